The number of nitrogens with zero attached hydrogens (tertiary/aromatic N) is 1. The molecule has 0 unspecified atom stereocenters. The number of rotatable bonds is 23. The van der Waals surface area contributed by atoms with Crippen LogP contribution in [0.3, 0.4) is 0 Å². The number of aryl methyl sites for hydroxylation is 1. The molecule has 10 amide bonds. The van der Waals surface area contributed by atoms with Crippen LogP contribution in [0.5, 0.6) is 0 Å². The number of fused-ring (bicyclic) bond motifs is 1. The molecule has 9 atom stereocenters. The molecule has 3 aliphatic rings. The van der Waals surface area contributed by atoms with Gasteiger partial charge in [0.2, 0.25) is 59.1 Å². The molecule has 0 aromatic heterocycles. The Labute approximate surface area is 676 Å². The van der Waals surface area contributed by atoms with Gasteiger partial charge in [-0.25, -0.2) is 22.7 Å². The molecule has 1 saturated carbocycles. The molecule has 5 aromatic carbocycles. The number of benzene rings is 5. The minimum Gasteiger partial charge on any atom is -0.462 e. The second-order valence-electron chi connectivity index (χ2n) is 28.9. The zero-order valence-electron chi connectivity index (χ0n) is 64.9. The lowest BCUT2D eigenvalue weighted by Gasteiger charge is -2.30. The number of ether oxygens (including phenoxy) is 5. The fraction of sp³-hybridized carbons (Fsp3) is 0.463. The van der Waals surface area contributed by atoms with Gasteiger partial charge in [-0.1, -0.05) is 167 Å². The fourth-order valence-corrected chi connectivity index (χ4v) is 15.6. The molecule has 0 bridgehead atoms. The largest absolute Gasteiger partial charge is 0.462 e. The summed E-state index contributed by atoms with van der Waals surface area (Å²) < 4.78 is 57.8. The average molecular weight is 1650 g/mol. The number of nitrogens with one attached hydrogen (secondary N) is 12. The lowest BCUT2D eigenvalue weighted by atomic mass is 9.98. The Morgan fingerprint density at radius 2 is 1.11 bits per heavy atom. The zero-order valence-corrected chi connectivity index (χ0v) is 67.4. The van der Waals surface area contributed by atoms with E-state index in [1.165, 1.54) is 24.0 Å². The number of carbonyl (C=O) groups excluding carboxylic acids is 12. The SMILES string of the molecule is Cc1ccc(S(=O)(=O)NC(=N)NCCC[C@@H]2NC(=O)[C@@H](NC(=O)OC(C)(C)C)CSSC[C@@H](C(=O)OCc3ccccc3)NC(=O)[C@H](COCc3ccccc3)NC(=O)[C@H](COCc3ccccc3)NC(=O)[C@H](C)NC(=O)[C@@H]3CCCN3C(=O)[C@@H](Cc3ccccc3)NC(=O)[C@H](CC(=O)OC3CCCCC3)NC(=O)CNC2=O)cc1. The number of amides is 10. The summed E-state index contributed by atoms with van der Waals surface area (Å²) in [7, 11) is -2.38. The normalized spacial score (nSPS) is 22.0. The Hall–Kier alpha value is -10.6. The van der Waals surface area contributed by atoms with E-state index in [1.807, 2.05) is 0 Å². The first-order valence-corrected chi connectivity index (χ1v) is 42.1. The number of alkyl carbamates (subject to hydrolysis) is 1. The van der Waals surface area contributed by atoms with E-state index >= 15 is 4.79 Å². The fourth-order valence-electron chi connectivity index (χ4n) is 12.3. The van der Waals surface area contributed by atoms with Crippen molar-refractivity contribution >= 4 is 109 Å². The molecule has 12 N–H and O–H groups in total. The minimum absolute atomic E-state index is 0.00308. The van der Waals surface area contributed by atoms with Gasteiger partial charge in [0, 0.05) is 31.0 Å². The maximum atomic E-state index is 15.2. The highest BCUT2D eigenvalue weighted by Gasteiger charge is 2.41. The lowest BCUT2D eigenvalue weighted by Crippen LogP contribution is -2.60. The molecule has 0 radical (unpaired) electrons. The van der Waals surface area contributed by atoms with Crippen LogP contribution in [0, 0.1) is 12.3 Å². The van der Waals surface area contributed by atoms with Gasteiger partial charge in [0.15, 0.2) is 0 Å². The summed E-state index contributed by atoms with van der Waals surface area (Å²) in [6.45, 7) is 5.40. The van der Waals surface area contributed by atoms with Crippen LogP contribution < -0.4 is 57.9 Å². The van der Waals surface area contributed by atoms with Gasteiger partial charge in [-0.05, 0) is 120 Å². The van der Waals surface area contributed by atoms with Crippen molar-refractivity contribution in [1.82, 2.24) is 62.8 Å². The van der Waals surface area contributed by atoms with Crippen molar-refractivity contribution in [3.8, 4) is 0 Å². The van der Waals surface area contributed by atoms with Crippen LogP contribution in [0.2, 0.25) is 0 Å². The lowest BCUT2D eigenvalue weighted by molar-refractivity contribution is -0.153. The predicted octanol–water partition coefficient (Wildman–Crippen LogP) is 4.07. The Morgan fingerprint density at radius 1 is 0.574 bits per heavy atom. The maximum absolute atomic E-state index is 15.2. The van der Waals surface area contributed by atoms with Gasteiger partial charge in [-0.3, -0.25) is 53.4 Å². The van der Waals surface area contributed by atoms with Crippen molar-refractivity contribution in [2.75, 3.05) is 44.4 Å². The van der Waals surface area contributed by atoms with Gasteiger partial charge in [0.05, 0.1) is 44.3 Å². The van der Waals surface area contributed by atoms with Crippen molar-refractivity contribution in [2.45, 2.75) is 196 Å². The van der Waals surface area contributed by atoms with Gasteiger partial charge < -0.3 is 81.8 Å². The Morgan fingerprint density at radius 3 is 1.71 bits per heavy atom. The molecular weight excluding hydrogens is 1540 g/mol. The van der Waals surface area contributed by atoms with Crippen LogP contribution in [0.1, 0.15) is 120 Å². The number of esters is 2. The summed E-state index contributed by atoms with van der Waals surface area (Å²) in [5, 5.41) is 34.7. The Balaban J connectivity index is 1.14. The number of hydrogen-bond acceptors (Lipinski definition) is 22. The van der Waals surface area contributed by atoms with Gasteiger partial charge in [-0.15, -0.1) is 0 Å². The molecule has 115 heavy (non-hydrogen) atoms. The van der Waals surface area contributed by atoms with E-state index in [0.29, 0.717) is 41.5 Å². The molecule has 2 heterocycles. The van der Waals surface area contributed by atoms with Crippen molar-refractivity contribution in [2.24, 2.45) is 0 Å². The standard InChI is InChI=1S/C80H103N13O19S3/c1-51-35-37-58(38-36-51)115(106,107)92-78(81)82-39-21-33-59-70(97)83-43-67(94)85-60(42-68(95)111-57-31-19-10-20-32-57)71(98)87-61(41-53-23-11-6-12-24-53)76(103)93-40-22-34-66(93)75(102)84-52(2)69(96)88-62(47-108-44-54-25-13-7-14-26-54)72(99)89-63(48-109-45-55-27-15-8-16-28-55)73(100)90-65(77(104)110-46-56-29-17-9-18-30-56)50-114-113-49-64(74(101)86-59)91-79(105)112-80(3,4)5/h6-9,11-18,23-30,35-38,52,57,59-66H,10,19-22,31-34,39-50H2,1-5H3,(H,83,97)(H,84,102)(H,85,94)(H,86,101)(H,87,98)(H,88,96)(H,89,99)(H,90,100)(H,91,105)(H3,81,82,92)/t52-,59-,60-,61+,62-,63-,64-,65-,66-/m0/s1. The van der Waals surface area contributed by atoms with E-state index in [1.54, 1.807) is 161 Å². The summed E-state index contributed by atoms with van der Waals surface area (Å²) in [4.78, 5) is 176. The predicted molar refractivity (Wildman–Crippen MR) is 428 cm³/mol. The van der Waals surface area contributed by atoms with Gasteiger partial charge in [0.1, 0.15) is 72.7 Å². The zero-order chi connectivity index (χ0) is 82.9. The van der Waals surface area contributed by atoms with Crippen LogP contribution in [-0.2, 0) is 113 Å². The van der Waals surface area contributed by atoms with E-state index in [0.717, 1.165) is 46.4 Å². The third kappa shape index (κ3) is 30.9. The monoisotopic (exact) mass is 1650 g/mol. The Bertz CT molecular complexity index is 4230. The second-order valence-corrected chi connectivity index (χ2v) is 33.2. The third-order valence-electron chi connectivity index (χ3n) is 18.4. The molecule has 0 spiro atoms. The number of carbonyl (C=O) groups is 12. The summed E-state index contributed by atoms with van der Waals surface area (Å²) >= 11 is 0. The highest BCUT2D eigenvalue weighted by atomic mass is 33.1. The molecule has 8 rings (SSSR count). The quantitative estimate of drug-likeness (QED) is 0.0109. The molecule has 35 heteroatoms. The summed E-state index contributed by atoms with van der Waals surface area (Å²) in [5.41, 5.74) is 2.22. The summed E-state index contributed by atoms with van der Waals surface area (Å²) in [6.07, 6.45) is 1.08. The van der Waals surface area contributed by atoms with E-state index in [4.69, 9.17) is 29.1 Å². The second kappa shape index (κ2) is 45.5. The van der Waals surface area contributed by atoms with Crippen LogP contribution in [0.25, 0.3) is 0 Å². The van der Waals surface area contributed by atoms with Gasteiger partial charge in [-0.2, -0.15) is 0 Å². The molecule has 3 fully saturated rings. The highest BCUT2D eigenvalue weighted by molar-refractivity contribution is 8.76. The molecule has 32 nitrogen and oxygen atoms in total. The highest BCUT2D eigenvalue weighted by Crippen LogP contribution is 2.26. The van der Waals surface area contributed by atoms with Gasteiger partial charge >= 0.3 is 18.0 Å². The van der Waals surface area contributed by atoms with E-state index in [2.05, 4.69) is 57.9 Å². The molecule has 1 aliphatic carbocycles. The van der Waals surface area contributed by atoms with Crippen molar-refractivity contribution in [3.63, 3.8) is 0 Å². The molecular formula is C80H103N13O19S3. The number of hydrogen-bond donors (Lipinski definition) is 12. The minimum atomic E-state index is -4.24. The van der Waals surface area contributed by atoms with Crippen molar-refractivity contribution < 1.29 is 89.6 Å². The number of guanidine groups is 1. The first-order chi connectivity index (χ1) is 55.1. The molecule has 5 aromatic rings. The van der Waals surface area contributed by atoms with Gasteiger partial charge in [0.25, 0.3) is 10.0 Å². The third-order valence-corrected chi connectivity index (χ3v) is 22.2. The molecule has 620 valence electrons. The summed E-state index contributed by atoms with van der Waals surface area (Å²) in [6, 6.07) is 27.0. The molecule has 2 saturated heterocycles. The number of sulfonamides is 1. The van der Waals surface area contributed by atoms with Crippen LogP contribution in [0.4, 0.5) is 4.79 Å². The smallest absolute Gasteiger partial charge is 0.408 e. The van der Waals surface area contributed by atoms with E-state index in [9.17, 15) is 61.2 Å². The first kappa shape index (κ1) is 89.9. The summed E-state index contributed by atoms with van der Waals surface area (Å²) in [5.74, 6) is -11.5. The molecule has 2 aliphatic heterocycles. The van der Waals surface area contributed by atoms with Crippen molar-refractivity contribution in [3.05, 3.63) is 173 Å². The van der Waals surface area contributed by atoms with Crippen LogP contribution in [-0.4, -0.2) is 201 Å². The van der Waals surface area contributed by atoms with Crippen LogP contribution >= 0.6 is 21.6 Å². The maximum Gasteiger partial charge on any atom is 0.408 e. The van der Waals surface area contributed by atoms with Crippen LogP contribution in [0.15, 0.2) is 150 Å². The van der Waals surface area contributed by atoms with E-state index in [-0.39, 0.29) is 75.0 Å². The van der Waals surface area contributed by atoms with E-state index < -0.39 is 179 Å². The average Bonchev–Trinajstić information content (AvgIpc) is 1.72. The Kier molecular flexibility index (Phi) is 35.6. The van der Waals surface area contributed by atoms with Crippen molar-refractivity contribution in [1.29, 1.82) is 5.41 Å². The topological polar surface area (TPSA) is 445 Å². The first-order valence-electron chi connectivity index (χ1n) is 38.1.